The molecule has 1 aromatic heterocycles. The van der Waals surface area contributed by atoms with Gasteiger partial charge in [0, 0.05) is 82.8 Å². The SMILES string of the molecule is CCCCCC(=O)NCCCC[C@H](NC(=O)[C@H](CCCCNC(=O)CN(CCNCC(=O)O)CCN1COC(=O)C1)NC(=O)CCOCCOCCOCCNC(=O)COc1ccc2c(C(=O)NCC(=O)N3CCC[C@H]3C#N)ccnc2c1)C(=O)O. The van der Waals surface area contributed by atoms with E-state index in [-0.39, 0.29) is 135 Å². The van der Waals surface area contributed by atoms with Gasteiger partial charge in [0.2, 0.25) is 29.5 Å². The zero-order valence-corrected chi connectivity index (χ0v) is 49.2. The maximum Gasteiger partial charge on any atom is 0.326 e. The minimum atomic E-state index is -1.25. The fraction of sp³-hybridized carbons (Fsp3) is 0.649. The number of hydrogen-bond acceptors (Lipinski definition) is 20. The van der Waals surface area contributed by atoms with Crippen LogP contribution in [0.15, 0.2) is 30.5 Å². The highest BCUT2D eigenvalue weighted by Gasteiger charge is 2.30. The summed E-state index contributed by atoms with van der Waals surface area (Å²) in [5.41, 5.74) is 0.744. The first-order valence-corrected chi connectivity index (χ1v) is 29.4. The first-order valence-electron chi connectivity index (χ1n) is 29.4. The number of carboxylic acids is 2. The number of nitrogens with zero attached hydrogens (tertiary/aromatic N) is 5. The van der Waals surface area contributed by atoms with E-state index < -0.39 is 53.7 Å². The van der Waals surface area contributed by atoms with Gasteiger partial charge < -0.3 is 76.0 Å². The van der Waals surface area contributed by atoms with Crippen LogP contribution in [0.2, 0.25) is 0 Å². The van der Waals surface area contributed by atoms with E-state index >= 15 is 0 Å². The van der Waals surface area contributed by atoms with Crippen molar-refractivity contribution < 1.29 is 81.8 Å². The van der Waals surface area contributed by atoms with Crippen molar-refractivity contribution in [3.63, 3.8) is 0 Å². The van der Waals surface area contributed by atoms with E-state index in [2.05, 4.69) is 48.3 Å². The Balaban J connectivity index is 1.12. The highest BCUT2D eigenvalue weighted by atomic mass is 16.6. The normalized spacial score (nSPS) is 14.6. The number of nitrogens with one attached hydrogen (secondary N) is 7. The van der Waals surface area contributed by atoms with Gasteiger partial charge >= 0.3 is 17.9 Å². The second-order valence-electron chi connectivity index (χ2n) is 20.5. The molecule has 2 fully saturated rings. The summed E-state index contributed by atoms with van der Waals surface area (Å²) in [5, 5.41) is 47.8. The maximum absolute atomic E-state index is 13.6. The topological polar surface area (TPSA) is 388 Å². The number of ether oxygens (including phenoxy) is 5. The smallest absolute Gasteiger partial charge is 0.326 e. The number of amides is 7. The largest absolute Gasteiger partial charge is 0.484 e. The summed E-state index contributed by atoms with van der Waals surface area (Å²) < 4.78 is 27.3. The molecule has 0 bridgehead atoms. The molecule has 476 valence electrons. The number of fused-ring (bicyclic) bond motifs is 1. The Morgan fingerprint density at radius 1 is 0.767 bits per heavy atom. The summed E-state index contributed by atoms with van der Waals surface area (Å²) in [4.78, 5) is 134. The van der Waals surface area contributed by atoms with E-state index in [1.165, 1.54) is 17.2 Å². The maximum atomic E-state index is 13.6. The van der Waals surface area contributed by atoms with Gasteiger partial charge in [-0.05, 0) is 76.0 Å². The van der Waals surface area contributed by atoms with Crippen LogP contribution in [0.25, 0.3) is 10.9 Å². The van der Waals surface area contributed by atoms with Gasteiger partial charge in [0.15, 0.2) is 6.61 Å². The number of cyclic esters (lactones) is 1. The van der Waals surface area contributed by atoms with Crippen molar-refractivity contribution in [2.45, 2.75) is 109 Å². The molecule has 3 heterocycles. The fourth-order valence-electron chi connectivity index (χ4n) is 9.05. The summed E-state index contributed by atoms with van der Waals surface area (Å²) in [6.07, 6.45) is 7.72. The fourth-order valence-corrected chi connectivity index (χ4v) is 9.05. The average Bonchev–Trinajstić information content (AvgIpc) is 2.96. The predicted molar refractivity (Wildman–Crippen MR) is 309 cm³/mol. The number of carbonyl (C=O) groups excluding carboxylic acids is 8. The number of benzene rings is 1. The molecule has 0 spiro atoms. The van der Waals surface area contributed by atoms with Crippen molar-refractivity contribution in [1.82, 2.24) is 56.9 Å². The van der Waals surface area contributed by atoms with Crippen LogP contribution in [0.3, 0.4) is 0 Å². The van der Waals surface area contributed by atoms with Crippen molar-refractivity contribution in [3.05, 3.63) is 36.0 Å². The molecule has 0 radical (unpaired) electrons. The third-order valence-corrected chi connectivity index (χ3v) is 13.7. The molecule has 9 N–H and O–H groups in total. The number of carboxylic acid groups (broad SMARTS) is 2. The molecule has 29 heteroatoms. The van der Waals surface area contributed by atoms with Gasteiger partial charge in [-0.1, -0.05) is 19.8 Å². The molecule has 2 aliphatic rings. The van der Waals surface area contributed by atoms with Crippen molar-refractivity contribution in [2.24, 2.45) is 0 Å². The van der Waals surface area contributed by atoms with Crippen LogP contribution >= 0.6 is 0 Å². The molecule has 4 rings (SSSR count). The van der Waals surface area contributed by atoms with Crippen LogP contribution in [0.4, 0.5) is 0 Å². The van der Waals surface area contributed by atoms with E-state index in [9.17, 15) is 58.3 Å². The minimum absolute atomic E-state index is 0.00537. The molecule has 7 amide bonds. The Hall–Kier alpha value is -7.62. The number of nitriles is 1. The molecule has 0 aliphatic carbocycles. The molecule has 3 atom stereocenters. The number of esters is 1. The van der Waals surface area contributed by atoms with Gasteiger partial charge in [0.05, 0.1) is 83.0 Å². The lowest BCUT2D eigenvalue weighted by Crippen LogP contribution is -2.51. The van der Waals surface area contributed by atoms with Crippen LogP contribution in [-0.4, -0.2) is 239 Å². The number of pyridine rings is 1. The van der Waals surface area contributed by atoms with Crippen LogP contribution in [0.5, 0.6) is 5.75 Å². The van der Waals surface area contributed by atoms with Crippen LogP contribution in [0, 0.1) is 11.3 Å². The predicted octanol–water partition coefficient (Wildman–Crippen LogP) is -0.586. The van der Waals surface area contributed by atoms with Crippen LogP contribution in [-0.2, 0) is 62.1 Å². The molecular weight excluding hydrogens is 1120 g/mol. The zero-order chi connectivity index (χ0) is 62.3. The summed E-state index contributed by atoms with van der Waals surface area (Å²) in [5.74, 6) is -5.02. The minimum Gasteiger partial charge on any atom is -0.484 e. The molecule has 2 saturated heterocycles. The Bertz CT molecular complexity index is 2550. The molecule has 2 aliphatic heterocycles. The Morgan fingerprint density at radius 2 is 1.48 bits per heavy atom. The Kier molecular flexibility index (Phi) is 34.1. The van der Waals surface area contributed by atoms with Crippen LogP contribution in [0.1, 0.15) is 101 Å². The summed E-state index contributed by atoms with van der Waals surface area (Å²) in [7, 11) is 0. The molecule has 0 unspecified atom stereocenters. The number of aromatic nitrogens is 1. The van der Waals surface area contributed by atoms with Gasteiger partial charge in [-0.3, -0.25) is 57.9 Å². The molecule has 0 saturated carbocycles. The number of aliphatic carboxylic acids is 2. The molecule has 86 heavy (non-hydrogen) atoms. The van der Waals surface area contributed by atoms with E-state index in [1.807, 2.05) is 11.8 Å². The monoisotopic (exact) mass is 1210 g/mol. The molecule has 29 nitrogen and oxygen atoms in total. The number of hydrogen-bond donors (Lipinski definition) is 9. The number of carbonyl (C=O) groups is 10. The first-order chi connectivity index (χ1) is 41.6. The van der Waals surface area contributed by atoms with E-state index in [0.717, 1.165) is 25.7 Å². The molecular formula is C57H86N12O17. The van der Waals surface area contributed by atoms with E-state index in [4.69, 9.17) is 28.8 Å². The first kappa shape index (κ1) is 70.9. The van der Waals surface area contributed by atoms with E-state index in [0.29, 0.717) is 100 Å². The molecule has 1 aromatic carbocycles. The quantitative estimate of drug-likeness (QED) is 0.0296. The van der Waals surface area contributed by atoms with Gasteiger partial charge in [0.1, 0.15) is 30.6 Å². The third-order valence-electron chi connectivity index (χ3n) is 13.7. The average molecular weight is 1210 g/mol. The number of rotatable bonds is 46. The van der Waals surface area contributed by atoms with Gasteiger partial charge in [-0.25, -0.2) is 4.79 Å². The lowest BCUT2D eigenvalue weighted by Gasteiger charge is -2.24. The van der Waals surface area contributed by atoms with Crippen molar-refractivity contribution in [1.29, 1.82) is 5.26 Å². The summed E-state index contributed by atoms with van der Waals surface area (Å²) in [6, 6.07) is 5.63. The van der Waals surface area contributed by atoms with Crippen LogP contribution < -0.4 is 42.0 Å². The molecule has 2 aromatic rings. The van der Waals surface area contributed by atoms with Gasteiger partial charge in [0.25, 0.3) is 11.8 Å². The summed E-state index contributed by atoms with van der Waals surface area (Å²) >= 11 is 0. The standard InChI is InChI=1S/C57H86N12O17/c1-2-3-4-13-48(70)61-18-8-6-12-46(57(80)81)66-56(79)45(11-5-7-19-62-50(72)37-67(24-21-59-36-53(75)76)25-26-68-38-54(77)86-40-68)65-49(71)17-27-82-29-31-84-32-30-83-28-22-63-51(73)39-85-42-14-15-43-44(16-20-60-47(43)33-42)55(78)64-35-52(74)69-23-9-10-41(69)34-58/h14-16,20,33,41,45-46,59H,2-13,17-19,21-32,35-40H2,1H3,(H,61,70)(H,62,72)(H,63,73)(H,64,78)(H,65,71)(H,66,79)(H,75,76)(H,80,81)/t41-,45-,46-/m0/s1. The number of unbranched alkanes of at least 4 members (excludes halogenated alkanes) is 4. The van der Waals surface area contributed by atoms with Crippen molar-refractivity contribution in [2.75, 3.05) is 132 Å². The highest BCUT2D eigenvalue weighted by molar-refractivity contribution is 6.07. The lowest BCUT2D eigenvalue weighted by molar-refractivity contribution is -0.142. The van der Waals surface area contributed by atoms with Gasteiger partial charge in [-0.2, -0.15) is 5.26 Å². The van der Waals surface area contributed by atoms with E-state index in [1.54, 1.807) is 23.1 Å². The second-order valence-corrected chi connectivity index (χ2v) is 20.5. The third kappa shape index (κ3) is 29.0. The van der Waals surface area contributed by atoms with Crippen molar-refractivity contribution >= 4 is 70.2 Å². The lowest BCUT2D eigenvalue weighted by atomic mass is 10.1. The van der Waals surface area contributed by atoms with Gasteiger partial charge in [-0.15, -0.1) is 0 Å². The Labute approximate surface area is 500 Å². The zero-order valence-electron chi connectivity index (χ0n) is 49.2. The Morgan fingerprint density at radius 3 is 2.17 bits per heavy atom. The summed E-state index contributed by atoms with van der Waals surface area (Å²) in [6.45, 7) is 5.29. The number of likely N-dealkylation sites (tertiary alicyclic amines) is 1. The van der Waals surface area contributed by atoms with Crippen molar-refractivity contribution in [3.8, 4) is 11.8 Å². The highest BCUT2D eigenvalue weighted by Crippen LogP contribution is 2.23. The second kappa shape index (κ2) is 41.4.